The van der Waals surface area contributed by atoms with Crippen molar-refractivity contribution in [2.45, 2.75) is 0 Å². The highest BCUT2D eigenvalue weighted by Crippen LogP contribution is 2.26. The smallest absolute Gasteiger partial charge is 0.154 e. The third-order valence-corrected chi connectivity index (χ3v) is 3.30. The summed E-state index contributed by atoms with van der Waals surface area (Å²) < 4.78 is 1.74. The average Bonchev–Trinajstić information content (AvgIpc) is 2.86. The van der Waals surface area contributed by atoms with Gasteiger partial charge in [-0.1, -0.05) is 17.7 Å². The molecule has 0 bridgehead atoms. The number of nitrogens with zero attached hydrogens (tertiary/aromatic N) is 3. The first-order chi connectivity index (χ1) is 7.34. The fraction of sp³-hybridized carbons (Fsp3) is 0. The number of aromatic nitrogens is 3. The molecule has 3 heterocycles. The summed E-state index contributed by atoms with van der Waals surface area (Å²) >= 11 is 7.62. The van der Waals surface area contributed by atoms with Gasteiger partial charge in [-0.05, 0) is 17.5 Å². The zero-order chi connectivity index (χ0) is 10.3. The molecule has 0 aliphatic carbocycles. The maximum absolute atomic E-state index is 5.96. The van der Waals surface area contributed by atoms with Gasteiger partial charge in [-0.15, -0.1) is 11.3 Å². The molecule has 3 aromatic rings. The molecule has 0 N–H and O–H groups in total. The van der Waals surface area contributed by atoms with Crippen molar-refractivity contribution >= 4 is 28.5 Å². The topological polar surface area (TPSA) is 30.2 Å². The molecule has 3 rings (SSSR count). The van der Waals surface area contributed by atoms with E-state index in [9.17, 15) is 0 Å². The Hall–Kier alpha value is -1.39. The van der Waals surface area contributed by atoms with Crippen molar-refractivity contribution in [1.29, 1.82) is 0 Å². The molecule has 0 radical (unpaired) electrons. The number of rotatable bonds is 1. The summed E-state index contributed by atoms with van der Waals surface area (Å²) in [6.07, 6.45) is 3.43. The third kappa shape index (κ3) is 1.42. The van der Waals surface area contributed by atoms with Crippen molar-refractivity contribution in [3.05, 3.63) is 41.1 Å². The molecule has 74 valence electrons. The van der Waals surface area contributed by atoms with Crippen LogP contribution in [0.3, 0.4) is 0 Å². The minimum Gasteiger partial charge on any atom is -0.241 e. The van der Waals surface area contributed by atoms with Gasteiger partial charge in [0.25, 0.3) is 0 Å². The first-order valence-corrected chi connectivity index (χ1v) is 5.64. The maximum atomic E-state index is 5.96. The van der Waals surface area contributed by atoms with Crippen LogP contribution in [0.4, 0.5) is 0 Å². The number of hydrogen-bond acceptors (Lipinski definition) is 3. The van der Waals surface area contributed by atoms with E-state index >= 15 is 0 Å². The Balaban J connectivity index is 2.27. The van der Waals surface area contributed by atoms with Crippen LogP contribution in [0.1, 0.15) is 0 Å². The molecule has 0 aromatic carbocycles. The van der Waals surface area contributed by atoms with Crippen LogP contribution in [-0.2, 0) is 0 Å². The molecule has 3 nitrogen and oxygen atoms in total. The van der Waals surface area contributed by atoms with Crippen LogP contribution in [0.15, 0.2) is 36.0 Å². The summed E-state index contributed by atoms with van der Waals surface area (Å²) in [6.45, 7) is 0. The first kappa shape index (κ1) is 8.88. The van der Waals surface area contributed by atoms with Gasteiger partial charge in [0.15, 0.2) is 5.15 Å². The molecule has 3 aromatic heterocycles. The van der Waals surface area contributed by atoms with Gasteiger partial charge in [-0.2, -0.15) is 5.10 Å². The van der Waals surface area contributed by atoms with E-state index in [2.05, 4.69) is 10.1 Å². The van der Waals surface area contributed by atoms with Gasteiger partial charge in [0.1, 0.15) is 11.2 Å². The second-order valence-corrected chi connectivity index (χ2v) is 4.36. The summed E-state index contributed by atoms with van der Waals surface area (Å²) in [4.78, 5) is 5.14. The second-order valence-electron chi connectivity index (χ2n) is 3.05. The summed E-state index contributed by atoms with van der Waals surface area (Å²) in [6, 6.07) is 5.98. The van der Waals surface area contributed by atoms with Crippen molar-refractivity contribution in [3.8, 4) is 10.6 Å². The Morgan fingerprint density at radius 3 is 3.07 bits per heavy atom. The largest absolute Gasteiger partial charge is 0.241 e. The van der Waals surface area contributed by atoms with Crippen LogP contribution >= 0.6 is 22.9 Å². The molecular weight excluding hydrogens is 230 g/mol. The monoisotopic (exact) mass is 235 g/mol. The molecule has 0 saturated carbocycles. The number of thiophene rings is 1. The summed E-state index contributed by atoms with van der Waals surface area (Å²) in [5.74, 6) is 0. The highest BCUT2D eigenvalue weighted by molar-refractivity contribution is 7.13. The molecule has 0 unspecified atom stereocenters. The first-order valence-electron chi connectivity index (χ1n) is 4.38. The Bertz CT molecular complexity index is 600. The van der Waals surface area contributed by atoms with Crippen LogP contribution in [0.5, 0.6) is 0 Å². The molecular formula is C10H6ClN3S. The predicted molar refractivity (Wildman–Crippen MR) is 61.3 cm³/mol. The highest BCUT2D eigenvalue weighted by atomic mass is 35.5. The zero-order valence-corrected chi connectivity index (χ0v) is 9.16. The molecule has 0 atom stereocenters. The summed E-state index contributed by atoms with van der Waals surface area (Å²) in [5.41, 5.74) is 1.77. The molecule has 15 heavy (non-hydrogen) atoms. The van der Waals surface area contributed by atoms with Gasteiger partial charge in [-0.3, -0.25) is 0 Å². The van der Waals surface area contributed by atoms with Crippen molar-refractivity contribution in [2.75, 3.05) is 0 Å². The number of halogens is 1. The minimum absolute atomic E-state index is 0.479. The summed E-state index contributed by atoms with van der Waals surface area (Å²) in [7, 11) is 0. The molecule has 0 spiro atoms. The van der Waals surface area contributed by atoms with Gasteiger partial charge in [0.05, 0.1) is 4.88 Å². The number of hydrogen-bond donors (Lipinski definition) is 0. The Morgan fingerprint density at radius 1 is 1.40 bits per heavy atom. The van der Waals surface area contributed by atoms with E-state index in [4.69, 9.17) is 11.6 Å². The molecule has 0 saturated heterocycles. The number of fused-ring (bicyclic) bond motifs is 1. The fourth-order valence-electron chi connectivity index (χ4n) is 1.43. The van der Waals surface area contributed by atoms with Crippen molar-refractivity contribution in [1.82, 2.24) is 14.6 Å². The Kier molecular flexibility index (Phi) is 1.97. The van der Waals surface area contributed by atoms with Crippen molar-refractivity contribution < 1.29 is 0 Å². The van der Waals surface area contributed by atoms with Gasteiger partial charge in [0, 0.05) is 12.4 Å². The molecule has 0 fully saturated rings. The molecule has 0 amide bonds. The van der Waals surface area contributed by atoms with Gasteiger partial charge >= 0.3 is 0 Å². The van der Waals surface area contributed by atoms with Crippen LogP contribution in [0.25, 0.3) is 16.1 Å². The van der Waals surface area contributed by atoms with E-state index in [1.165, 1.54) is 0 Å². The quantitative estimate of drug-likeness (QED) is 0.649. The van der Waals surface area contributed by atoms with E-state index in [1.807, 2.05) is 23.6 Å². The van der Waals surface area contributed by atoms with E-state index in [0.29, 0.717) is 5.15 Å². The lowest BCUT2D eigenvalue weighted by Crippen LogP contribution is -1.87. The Morgan fingerprint density at radius 2 is 2.33 bits per heavy atom. The zero-order valence-electron chi connectivity index (χ0n) is 7.59. The average molecular weight is 236 g/mol. The van der Waals surface area contributed by atoms with Crippen molar-refractivity contribution in [3.63, 3.8) is 0 Å². The molecule has 5 heteroatoms. The van der Waals surface area contributed by atoms with Crippen LogP contribution in [-0.4, -0.2) is 14.6 Å². The van der Waals surface area contributed by atoms with Crippen LogP contribution in [0, 0.1) is 0 Å². The summed E-state index contributed by atoms with van der Waals surface area (Å²) in [5, 5.41) is 6.93. The van der Waals surface area contributed by atoms with E-state index in [-0.39, 0.29) is 0 Å². The highest BCUT2D eigenvalue weighted by Gasteiger charge is 2.07. The second kappa shape index (κ2) is 3.32. The van der Waals surface area contributed by atoms with Crippen molar-refractivity contribution in [2.24, 2.45) is 0 Å². The lowest BCUT2D eigenvalue weighted by Gasteiger charge is -1.91. The van der Waals surface area contributed by atoms with Gasteiger partial charge in [-0.25, -0.2) is 9.50 Å². The molecule has 0 aliphatic rings. The SMILES string of the molecule is Clc1nccn2nc(-c3cccs3)cc12. The maximum Gasteiger partial charge on any atom is 0.154 e. The lowest BCUT2D eigenvalue weighted by molar-refractivity contribution is 0.951. The van der Waals surface area contributed by atoms with E-state index < -0.39 is 0 Å². The lowest BCUT2D eigenvalue weighted by atomic mass is 10.3. The van der Waals surface area contributed by atoms with E-state index in [0.717, 1.165) is 16.1 Å². The predicted octanol–water partition coefficient (Wildman–Crippen LogP) is 3.11. The normalized spacial score (nSPS) is 11.0. The standard InChI is InChI=1S/C10H6ClN3S/c11-10-8-6-7(9-2-1-5-15-9)13-14(8)4-3-12-10/h1-6H. The Labute approximate surface area is 95.0 Å². The third-order valence-electron chi connectivity index (χ3n) is 2.12. The van der Waals surface area contributed by atoms with Gasteiger partial charge < -0.3 is 0 Å². The van der Waals surface area contributed by atoms with Crippen LogP contribution in [0.2, 0.25) is 5.15 Å². The fourth-order valence-corrected chi connectivity index (χ4v) is 2.31. The van der Waals surface area contributed by atoms with Crippen LogP contribution < -0.4 is 0 Å². The molecule has 0 aliphatic heterocycles. The van der Waals surface area contributed by atoms with E-state index in [1.54, 1.807) is 28.2 Å². The van der Waals surface area contributed by atoms with Gasteiger partial charge in [0.2, 0.25) is 0 Å². The minimum atomic E-state index is 0.479.